The Labute approximate surface area is 81.4 Å². The van der Waals surface area contributed by atoms with Gasteiger partial charge in [0.05, 0.1) is 0 Å². The Hall–Kier alpha value is -1.58. The highest BCUT2D eigenvalue weighted by atomic mass is 19.2. The quantitative estimate of drug-likeness (QED) is 0.781. The number of hydrogen-bond donors (Lipinski definition) is 2. The lowest BCUT2D eigenvalue weighted by atomic mass is 10.2. The van der Waals surface area contributed by atoms with Crippen molar-refractivity contribution < 1.29 is 8.78 Å². The van der Waals surface area contributed by atoms with Crippen LogP contribution in [0.5, 0.6) is 0 Å². The summed E-state index contributed by atoms with van der Waals surface area (Å²) >= 11 is 0. The van der Waals surface area contributed by atoms with E-state index in [0.29, 0.717) is 17.8 Å². The number of nitrogens with one attached hydrogen (secondary N) is 1. The van der Waals surface area contributed by atoms with E-state index in [0.717, 1.165) is 12.1 Å². The summed E-state index contributed by atoms with van der Waals surface area (Å²) in [6.07, 6.45) is 3.07. The Morgan fingerprint density at radius 3 is 2.64 bits per heavy atom. The van der Waals surface area contributed by atoms with Crippen LogP contribution in [-0.2, 0) is 0 Å². The third-order valence-corrected chi connectivity index (χ3v) is 1.81. The van der Waals surface area contributed by atoms with Gasteiger partial charge in [-0.1, -0.05) is 0 Å². The standard InChI is InChI=1S/C10H12F2N2/c1-7-5-8(11)9(12)6-10(7)14-4-2-3-13/h2-3,5-6,14H,4,13H2,1H3/b3-2-. The van der Waals surface area contributed by atoms with Gasteiger partial charge in [-0.3, -0.25) is 0 Å². The topological polar surface area (TPSA) is 38.0 Å². The van der Waals surface area contributed by atoms with Gasteiger partial charge < -0.3 is 11.1 Å². The van der Waals surface area contributed by atoms with Crippen molar-refractivity contribution in [2.45, 2.75) is 6.92 Å². The first-order chi connectivity index (χ1) is 6.65. The smallest absolute Gasteiger partial charge is 0.160 e. The molecule has 0 fully saturated rings. The Balaban J connectivity index is 2.81. The van der Waals surface area contributed by atoms with Gasteiger partial charge in [-0.05, 0) is 30.8 Å². The highest BCUT2D eigenvalue weighted by Gasteiger charge is 2.05. The number of halogens is 2. The zero-order valence-corrected chi connectivity index (χ0v) is 7.85. The molecule has 0 radical (unpaired) electrons. The molecule has 1 rings (SSSR count). The van der Waals surface area contributed by atoms with E-state index in [1.165, 1.54) is 6.20 Å². The summed E-state index contributed by atoms with van der Waals surface area (Å²) in [5.41, 5.74) is 6.36. The zero-order chi connectivity index (χ0) is 10.6. The molecule has 3 N–H and O–H groups in total. The van der Waals surface area contributed by atoms with Gasteiger partial charge in [-0.15, -0.1) is 0 Å². The van der Waals surface area contributed by atoms with E-state index in [2.05, 4.69) is 5.32 Å². The van der Waals surface area contributed by atoms with E-state index in [-0.39, 0.29) is 0 Å². The fraction of sp³-hybridized carbons (Fsp3) is 0.200. The molecule has 0 amide bonds. The molecule has 0 atom stereocenters. The van der Waals surface area contributed by atoms with Crippen molar-refractivity contribution in [3.63, 3.8) is 0 Å². The van der Waals surface area contributed by atoms with E-state index in [4.69, 9.17) is 5.73 Å². The Morgan fingerprint density at radius 2 is 2.00 bits per heavy atom. The molecular weight excluding hydrogens is 186 g/mol. The first-order valence-electron chi connectivity index (χ1n) is 4.21. The maximum atomic E-state index is 12.8. The summed E-state index contributed by atoms with van der Waals surface area (Å²) in [6, 6.07) is 2.29. The molecule has 0 unspecified atom stereocenters. The summed E-state index contributed by atoms with van der Waals surface area (Å²) in [6.45, 7) is 2.19. The fourth-order valence-electron chi connectivity index (χ4n) is 1.07. The summed E-state index contributed by atoms with van der Waals surface area (Å²) in [4.78, 5) is 0. The molecule has 0 heterocycles. The SMILES string of the molecule is Cc1cc(F)c(F)cc1NC/C=C\N. The van der Waals surface area contributed by atoms with Crippen LogP contribution in [0.1, 0.15) is 5.56 Å². The largest absolute Gasteiger partial charge is 0.405 e. The van der Waals surface area contributed by atoms with Crippen LogP contribution in [0.3, 0.4) is 0 Å². The molecule has 76 valence electrons. The average molecular weight is 198 g/mol. The lowest BCUT2D eigenvalue weighted by Crippen LogP contribution is -2.02. The van der Waals surface area contributed by atoms with Gasteiger partial charge in [0, 0.05) is 18.3 Å². The number of hydrogen-bond acceptors (Lipinski definition) is 2. The second-order valence-corrected chi connectivity index (χ2v) is 2.89. The minimum absolute atomic E-state index is 0.489. The molecule has 0 aliphatic rings. The molecule has 1 aromatic rings. The van der Waals surface area contributed by atoms with E-state index in [9.17, 15) is 8.78 Å². The Morgan fingerprint density at radius 1 is 1.36 bits per heavy atom. The second-order valence-electron chi connectivity index (χ2n) is 2.89. The molecule has 4 heteroatoms. The molecule has 0 saturated carbocycles. The van der Waals surface area contributed by atoms with Gasteiger partial charge in [0.25, 0.3) is 0 Å². The maximum Gasteiger partial charge on any atom is 0.160 e. The highest BCUT2D eigenvalue weighted by Crippen LogP contribution is 2.18. The van der Waals surface area contributed by atoms with E-state index >= 15 is 0 Å². The first kappa shape index (κ1) is 10.5. The minimum Gasteiger partial charge on any atom is -0.405 e. The monoisotopic (exact) mass is 198 g/mol. The van der Waals surface area contributed by atoms with E-state index in [1.807, 2.05) is 0 Å². The summed E-state index contributed by atoms with van der Waals surface area (Å²) in [5, 5.41) is 2.91. The van der Waals surface area contributed by atoms with Crippen LogP contribution >= 0.6 is 0 Å². The van der Waals surface area contributed by atoms with Crippen molar-refractivity contribution in [1.29, 1.82) is 0 Å². The lowest BCUT2D eigenvalue weighted by molar-refractivity contribution is 0.508. The number of aryl methyl sites for hydroxylation is 1. The molecule has 0 aliphatic heterocycles. The van der Waals surface area contributed by atoms with Gasteiger partial charge >= 0.3 is 0 Å². The van der Waals surface area contributed by atoms with Crippen molar-refractivity contribution in [3.8, 4) is 0 Å². The fourth-order valence-corrected chi connectivity index (χ4v) is 1.07. The number of rotatable bonds is 3. The van der Waals surface area contributed by atoms with Crippen molar-refractivity contribution in [2.24, 2.45) is 5.73 Å². The van der Waals surface area contributed by atoms with Gasteiger partial charge in [0.2, 0.25) is 0 Å². The summed E-state index contributed by atoms with van der Waals surface area (Å²) in [5.74, 6) is -1.68. The van der Waals surface area contributed by atoms with Crippen LogP contribution < -0.4 is 11.1 Å². The molecule has 2 nitrogen and oxygen atoms in total. The van der Waals surface area contributed by atoms with Crippen LogP contribution in [-0.4, -0.2) is 6.54 Å². The summed E-state index contributed by atoms with van der Waals surface area (Å²) in [7, 11) is 0. The van der Waals surface area contributed by atoms with Crippen LogP contribution in [0.25, 0.3) is 0 Å². The number of nitrogens with two attached hydrogens (primary N) is 1. The molecule has 0 saturated heterocycles. The van der Waals surface area contributed by atoms with Crippen LogP contribution in [0, 0.1) is 18.6 Å². The van der Waals surface area contributed by atoms with Crippen molar-refractivity contribution in [3.05, 3.63) is 41.6 Å². The zero-order valence-electron chi connectivity index (χ0n) is 7.85. The predicted molar refractivity (Wildman–Crippen MR) is 52.9 cm³/mol. The van der Waals surface area contributed by atoms with E-state index in [1.54, 1.807) is 13.0 Å². The molecule has 0 bridgehead atoms. The molecule has 0 aromatic heterocycles. The maximum absolute atomic E-state index is 12.8. The van der Waals surface area contributed by atoms with Gasteiger partial charge in [0.1, 0.15) is 0 Å². The van der Waals surface area contributed by atoms with Crippen LogP contribution in [0.2, 0.25) is 0 Å². The molecular formula is C10H12F2N2. The third-order valence-electron chi connectivity index (χ3n) is 1.81. The Kier molecular flexibility index (Phi) is 3.45. The lowest BCUT2D eigenvalue weighted by Gasteiger charge is -2.07. The second kappa shape index (κ2) is 4.60. The van der Waals surface area contributed by atoms with Crippen LogP contribution in [0.15, 0.2) is 24.4 Å². The minimum atomic E-state index is -0.852. The highest BCUT2D eigenvalue weighted by molar-refractivity contribution is 5.51. The predicted octanol–water partition coefficient (Wildman–Crippen LogP) is 2.16. The summed E-state index contributed by atoms with van der Waals surface area (Å²) < 4.78 is 25.5. The first-order valence-corrected chi connectivity index (χ1v) is 4.21. The molecule has 0 aliphatic carbocycles. The Bertz CT molecular complexity index is 348. The van der Waals surface area contributed by atoms with Crippen molar-refractivity contribution >= 4 is 5.69 Å². The van der Waals surface area contributed by atoms with Gasteiger partial charge in [0.15, 0.2) is 11.6 Å². The average Bonchev–Trinajstić information content (AvgIpc) is 2.14. The van der Waals surface area contributed by atoms with Gasteiger partial charge in [-0.2, -0.15) is 0 Å². The van der Waals surface area contributed by atoms with Gasteiger partial charge in [-0.25, -0.2) is 8.78 Å². The van der Waals surface area contributed by atoms with E-state index < -0.39 is 11.6 Å². The third kappa shape index (κ3) is 2.45. The number of anilines is 1. The van der Waals surface area contributed by atoms with Crippen LogP contribution in [0.4, 0.5) is 14.5 Å². The number of benzene rings is 1. The molecule has 14 heavy (non-hydrogen) atoms. The normalized spacial score (nSPS) is 10.8. The van der Waals surface area contributed by atoms with Crippen molar-refractivity contribution in [1.82, 2.24) is 0 Å². The van der Waals surface area contributed by atoms with Crippen molar-refractivity contribution in [2.75, 3.05) is 11.9 Å². The molecule has 1 aromatic carbocycles. The molecule has 0 spiro atoms.